The molecular formula is C26H30N2O6. The molecule has 1 atom stereocenters. The van der Waals surface area contributed by atoms with Crippen molar-refractivity contribution in [2.24, 2.45) is 5.92 Å². The van der Waals surface area contributed by atoms with E-state index in [-0.39, 0.29) is 19.1 Å². The summed E-state index contributed by atoms with van der Waals surface area (Å²) < 4.78 is 15.6. The van der Waals surface area contributed by atoms with Gasteiger partial charge in [-0.2, -0.15) is 0 Å². The average molecular weight is 467 g/mol. The number of hydrogen-bond acceptors (Lipinski definition) is 7. The van der Waals surface area contributed by atoms with Crippen LogP contribution < -0.4 is 5.32 Å². The fourth-order valence-electron chi connectivity index (χ4n) is 4.30. The van der Waals surface area contributed by atoms with Gasteiger partial charge in [-0.3, -0.25) is 4.90 Å². The van der Waals surface area contributed by atoms with Gasteiger partial charge in [-0.25, -0.2) is 14.4 Å². The van der Waals surface area contributed by atoms with E-state index in [1.165, 1.54) is 12.0 Å². The second kappa shape index (κ2) is 10.9. The van der Waals surface area contributed by atoms with Crippen molar-refractivity contribution in [2.45, 2.75) is 33.6 Å². The molecule has 0 fully saturated rings. The fourth-order valence-corrected chi connectivity index (χ4v) is 4.30. The number of dihydropyridines is 1. The summed E-state index contributed by atoms with van der Waals surface area (Å²) in [6.45, 7) is 7.32. The molecule has 1 amide bonds. The zero-order chi connectivity index (χ0) is 24.8. The Morgan fingerprint density at radius 3 is 2.00 bits per heavy atom. The summed E-state index contributed by atoms with van der Waals surface area (Å²) in [5.74, 6) is -2.21. The molecule has 2 heterocycles. The Balaban J connectivity index is 2.26. The van der Waals surface area contributed by atoms with E-state index in [1.807, 2.05) is 36.4 Å². The summed E-state index contributed by atoms with van der Waals surface area (Å²) in [5.41, 5.74) is 3.31. The third-order valence-corrected chi connectivity index (χ3v) is 5.71. The van der Waals surface area contributed by atoms with Gasteiger partial charge in [-0.05, 0) is 38.8 Å². The molecule has 0 spiro atoms. The molecule has 1 aromatic rings. The molecule has 34 heavy (non-hydrogen) atoms. The summed E-state index contributed by atoms with van der Waals surface area (Å²) in [7, 11) is 1.29. The normalized spacial score (nSPS) is 18.3. The van der Waals surface area contributed by atoms with Crippen LogP contribution in [0, 0.1) is 5.92 Å². The number of ether oxygens (including phenoxy) is 3. The van der Waals surface area contributed by atoms with Crippen LogP contribution in [0.3, 0.4) is 0 Å². The second-order valence-electron chi connectivity index (χ2n) is 7.81. The molecule has 1 unspecified atom stereocenters. The first kappa shape index (κ1) is 24.8. The van der Waals surface area contributed by atoms with Gasteiger partial charge in [0.2, 0.25) is 0 Å². The van der Waals surface area contributed by atoms with Gasteiger partial charge >= 0.3 is 18.0 Å². The molecule has 0 aromatic heterocycles. The van der Waals surface area contributed by atoms with Crippen molar-refractivity contribution in [3.8, 4) is 0 Å². The molecule has 0 radical (unpaired) electrons. The minimum absolute atomic E-state index is 0.176. The van der Waals surface area contributed by atoms with Gasteiger partial charge in [-0.1, -0.05) is 36.4 Å². The van der Waals surface area contributed by atoms with E-state index in [9.17, 15) is 14.4 Å². The highest BCUT2D eigenvalue weighted by Crippen LogP contribution is 2.44. The van der Waals surface area contributed by atoms with Crippen LogP contribution in [0.15, 0.2) is 76.9 Å². The van der Waals surface area contributed by atoms with Crippen LogP contribution in [0.25, 0.3) is 0 Å². The number of nitrogens with one attached hydrogen (secondary N) is 1. The monoisotopic (exact) mass is 466 g/mol. The fraction of sp³-hybridized carbons (Fsp3) is 0.346. The van der Waals surface area contributed by atoms with Crippen molar-refractivity contribution in [3.63, 3.8) is 0 Å². The molecule has 2 aliphatic rings. The molecule has 8 heteroatoms. The maximum absolute atomic E-state index is 13.2. The zero-order valence-corrected chi connectivity index (χ0v) is 20.1. The van der Waals surface area contributed by atoms with Crippen LogP contribution in [0.5, 0.6) is 0 Å². The van der Waals surface area contributed by atoms with Crippen molar-refractivity contribution in [1.82, 2.24) is 10.2 Å². The standard InChI is InChI=1S/C26H30N2O6/c1-6-33-24(29)21-16(3)27-17(4)22(25(30)34-7-2)23(21)20-15-28(26(31)32-5)14-13-19(20)18-11-9-8-10-12-18/h8-15,19,23,27H,6-7H2,1-5H3. The molecule has 0 bridgehead atoms. The SMILES string of the molecule is CCOC(=O)C1=C(C)NC(C)=C(C(=O)OCC)C1C1=CN(C(=O)OC)C=CC1c1ccccc1. The number of esters is 2. The molecular weight excluding hydrogens is 436 g/mol. The lowest BCUT2D eigenvalue weighted by Crippen LogP contribution is -2.37. The summed E-state index contributed by atoms with van der Waals surface area (Å²) in [5, 5.41) is 3.13. The van der Waals surface area contributed by atoms with Crippen molar-refractivity contribution in [2.75, 3.05) is 20.3 Å². The maximum Gasteiger partial charge on any atom is 0.417 e. The smallest absolute Gasteiger partial charge is 0.417 e. The zero-order valence-electron chi connectivity index (χ0n) is 20.1. The van der Waals surface area contributed by atoms with Gasteiger partial charge in [0, 0.05) is 29.7 Å². The Hall–Kier alpha value is -3.81. The van der Waals surface area contributed by atoms with E-state index in [0.717, 1.165) is 5.56 Å². The summed E-state index contributed by atoms with van der Waals surface area (Å²) >= 11 is 0. The van der Waals surface area contributed by atoms with Crippen molar-refractivity contribution in [1.29, 1.82) is 0 Å². The van der Waals surface area contributed by atoms with E-state index in [4.69, 9.17) is 14.2 Å². The van der Waals surface area contributed by atoms with Crippen molar-refractivity contribution >= 4 is 18.0 Å². The van der Waals surface area contributed by atoms with Gasteiger partial charge in [0.25, 0.3) is 0 Å². The Kier molecular flexibility index (Phi) is 7.94. The number of amides is 1. The number of hydrogen-bond donors (Lipinski definition) is 1. The summed E-state index contributed by atoms with van der Waals surface area (Å²) in [6, 6.07) is 9.65. The Bertz CT molecular complexity index is 1040. The summed E-state index contributed by atoms with van der Waals surface area (Å²) in [6.07, 6.45) is 4.50. The predicted molar refractivity (Wildman–Crippen MR) is 126 cm³/mol. The topological polar surface area (TPSA) is 94.2 Å². The van der Waals surface area contributed by atoms with Gasteiger partial charge in [-0.15, -0.1) is 0 Å². The van der Waals surface area contributed by atoms with E-state index in [1.54, 1.807) is 40.1 Å². The van der Waals surface area contributed by atoms with Crippen LogP contribution in [0.4, 0.5) is 4.79 Å². The van der Waals surface area contributed by atoms with Crippen LogP contribution >= 0.6 is 0 Å². The number of carbonyl (C=O) groups excluding carboxylic acids is 3. The third-order valence-electron chi connectivity index (χ3n) is 5.71. The van der Waals surface area contributed by atoms with Crippen LogP contribution in [-0.2, 0) is 23.8 Å². The average Bonchev–Trinajstić information content (AvgIpc) is 2.83. The number of methoxy groups -OCH3 is 1. The lowest BCUT2D eigenvalue weighted by Gasteiger charge is -2.36. The van der Waals surface area contributed by atoms with E-state index < -0.39 is 23.9 Å². The summed E-state index contributed by atoms with van der Waals surface area (Å²) in [4.78, 5) is 40.0. The highest BCUT2D eigenvalue weighted by Gasteiger charge is 2.42. The highest BCUT2D eigenvalue weighted by atomic mass is 16.5. The molecule has 8 nitrogen and oxygen atoms in total. The molecule has 180 valence electrons. The molecule has 3 rings (SSSR count). The first-order valence-corrected chi connectivity index (χ1v) is 11.2. The first-order chi connectivity index (χ1) is 16.3. The van der Waals surface area contributed by atoms with Crippen LogP contribution in [0.1, 0.15) is 39.2 Å². The molecule has 1 aromatic carbocycles. The van der Waals surface area contributed by atoms with Crippen LogP contribution in [0.2, 0.25) is 0 Å². The Labute approximate surface area is 199 Å². The molecule has 0 saturated carbocycles. The predicted octanol–water partition coefficient (Wildman–Crippen LogP) is 4.14. The van der Waals surface area contributed by atoms with Crippen molar-refractivity contribution in [3.05, 3.63) is 82.5 Å². The number of allylic oxidation sites excluding steroid dienone is 4. The third kappa shape index (κ3) is 4.90. The van der Waals surface area contributed by atoms with Gasteiger partial charge in [0.05, 0.1) is 37.4 Å². The highest BCUT2D eigenvalue weighted by molar-refractivity contribution is 5.99. The Morgan fingerprint density at radius 2 is 1.50 bits per heavy atom. The van der Waals surface area contributed by atoms with Crippen LogP contribution in [-0.4, -0.2) is 43.3 Å². The minimum atomic E-state index is -0.804. The van der Waals surface area contributed by atoms with Gasteiger partial charge in [0.1, 0.15) is 0 Å². The first-order valence-electron chi connectivity index (χ1n) is 11.2. The molecule has 0 aliphatic carbocycles. The number of carbonyl (C=O) groups is 3. The lowest BCUT2D eigenvalue weighted by molar-refractivity contribution is -0.139. The maximum atomic E-state index is 13.2. The Morgan fingerprint density at radius 1 is 0.941 bits per heavy atom. The number of rotatable bonds is 6. The van der Waals surface area contributed by atoms with E-state index in [0.29, 0.717) is 28.1 Å². The second-order valence-corrected chi connectivity index (χ2v) is 7.81. The molecule has 2 aliphatic heterocycles. The van der Waals surface area contributed by atoms with E-state index >= 15 is 0 Å². The van der Waals surface area contributed by atoms with E-state index in [2.05, 4.69) is 5.32 Å². The molecule has 0 saturated heterocycles. The number of nitrogens with zero attached hydrogens (tertiary/aromatic N) is 1. The minimum Gasteiger partial charge on any atom is -0.463 e. The molecule has 1 N–H and O–H groups in total. The van der Waals surface area contributed by atoms with Crippen molar-refractivity contribution < 1.29 is 28.6 Å². The van der Waals surface area contributed by atoms with Gasteiger partial charge < -0.3 is 19.5 Å². The quantitative estimate of drug-likeness (QED) is 0.497. The number of benzene rings is 1. The lowest BCUT2D eigenvalue weighted by atomic mass is 9.73. The largest absolute Gasteiger partial charge is 0.463 e. The van der Waals surface area contributed by atoms with Gasteiger partial charge in [0.15, 0.2) is 0 Å².